The maximum Gasteiger partial charge on any atom is 0.164 e. The summed E-state index contributed by atoms with van der Waals surface area (Å²) in [6.07, 6.45) is 3.37. The highest BCUT2D eigenvalue weighted by Crippen LogP contribution is 2.31. The van der Waals surface area contributed by atoms with E-state index in [1.54, 1.807) is 31.4 Å². The van der Waals surface area contributed by atoms with Crippen molar-refractivity contribution in [1.29, 1.82) is 0 Å². The number of rotatable bonds is 7. The highest BCUT2D eigenvalue weighted by molar-refractivity contribution is 5.45. The number of hydrogen-bond acceptors (Lipinski definition) is 3. The van der Waals surface area contributed by atoms with Crippen molar-refractivity contribution in [2.24, 2.45) is 0 Å². The van der Waals surface area contributed by atoms with Crippen molar-refractivity contribution in [2.75, 3.05) is 20.3 Å². The summed E-state index contributed by atoms with van der Waals surface area (Å²) in [5, 5.41) is 0. The zero-order valence-corrected chi connectivity index (χ0v) is 9.44. The van der Waals surface area contributed by atoms with Gasteiger partial charge in [-0.05, 0) is 12.1 Å². The molecule has 1 aromatic carbocycles. The third kappa shape index (κ3) is 3.35. The number of ether oxygens (including phenoxy) is 3. The van der Waals surface area contributed by atoms with E-state index >= 15 is 0 Å². The summed E-state index contributed by atoms with van der Waals surface area (Å²) >= 11 is 0. The molecule has 0 fully saturated rings. The van der Waals surface area contributed by atoms with E-state index in [0.717, 1.165) is 5.75 Å². The van der Waals surface area contributed by atoms with Crippen LogP contribution in [-0.2, 0) is 0 Å². The van der Waals surface area contributed by atoms with Gasteiger partial charge < -0.3 is 14.2 Å². The van der Waals surface area contributed by atoms with Crippen LogP contribution in [0.1, 0.15) is 0 Å². The first kappa shape index (κ1) is 12.2. The van der Waals surface area contributed by atoms with Gasteiger partial charge in [-0.25, -0.2) is 0 Å². The Morgan fingerprint density at radius 2 is 1.75 bits per heavy atom. The van der Waals surface area contributed by atoms with Crippen molar-refractivity contribution < 1.29 is 14.2 Å². The number of benzene rings is 1. The van der Waals surface area contributed by atoms with Gasteiger partial charge in [-0.15, -0.1) is 0 Å². The van der Waals surface area contributed by atoms with Gasteiger partial charge in [-0.2, -0.15) is 0 Å². The van der Waals surface area contributed by atoms with Crippen LogP contribution in [0, 0.1) is 0 Å². The number of methoxy groups -OCH3 is 1. The molecule has 0 saturated heterocycles. The van der Waals surface area contributed by atoms with E-state index in [2.05, 4.69) is 13.2 Å². The zero-order valence-electron chi connectivity index (χ0n) is 9.44. The second-order valence-electron chi connectivity index (χ2n) is 3.01. The Kier molecular flexibility index (Phi) is 4.99. The predicted octanol–water partition coefficient (Wildman–Crippen LogP) is 2.82. The molecule has 0 heterocycles. The van der Waals surface area contributed by atoms with Gasteiger partial charge in [0.05, 0.1) is 7.11 Å². The number of hydrogen-bond donors (Lipinski definition) is 0. The quantitative estimate of drug-likeness (QED) is 0.661. The molecule has 0 atom stereocenters. The van der Waals surface area contributed by atoms with Crippen molar-refractivity contribution >= 4 is 0 Å². The summed E-state index contributed by atoms with van der Waals surface area (Å²) in [7, 11) is 1.59. The van der Waals surface area contributed by atoms with Gasteiger partial charge in [0.25, 0.3) is 0 Å². The van der Waals surface area contributed by atoms with Gasteiger partial charge in [0, 0.05) is 6.07 Å². The van der Waals surface area contributed by atoms with E-state index in [1.807, 2.05) is 6.07 Å². The minimum atomic E-state index is 0.448. The maximum absolute atomic E-state index is 5.42. The Morgan fingerprint density at radius 1 is 1.06 bits per heavy atom. The van der Waals surface area contributed by atoms with Gasteiger partial charge in [0.1, 0.15) is 19.0 Å². The molecule has 16 heavy (non-hydrogen) atoms. The van der Waals surface area contributed by atoms with Crippen LogP contribution >= 0.6 is 0 Å². The Labute approximate surface area is 95.9 Å². The molecule has 0 spiro atoms. The lowest BCUT2D eigenvalue weighted by molar-refractivity contribution is 0.320. The van der Waals surface area contributed by atoms with Gasteiger partial charge >= 0.3 is 0 Å². The first-order valence-corrected chi connectivity index (χ1v) is 4.97. The SMILES string of the molecule is C=CCOc1ccc(OCC=C)c(OC)c1. The van der Waals surface area contributed by atoms with Crippen LogP contribution in [0.25, 0.3) is 0 Å². The first-order chi connectivity index (χ1) is 7.81. The van der Waals surface area contributed by atoms with E-state index in [-0.39, 0.29) is 0 Å². The average molecular weight is 220 g/mol. The normalized spacial score (nSPS) is 9.31. The molecule has 1 aromatic rings. The Hall–Kier alpha value is -1.90. The summed E-state index contributed by atoms with van der Waals surface area (Å²) in [6.45, 7) is 8.09. The van der Waals surface area contributed by atoms with Crippen LogP contribution in [0.5, 0.6) is 17.2 Å². The molecule has 0 aliphatic carbocycles. The Bertz CT molecular complexity index is 358. The van der Waals surface area contributed by atoms with E-state index < -0.39 is 0 Å². The fourth-order valence-electron chi connectivity index (χ4n) is 1.16. The van der Waals surface area contributed by atoms with E-state index in [4.69, 9.17) is 14.2 Å². The monoisotopic (exact) mass is 220 g/mol. The average Bonchev–Trinajstić information content (AvgIpc) is 2.34. The lowest BCUT2D eigenvalue weighted by Gasteiger charge is -2.11. The van der Waals surface area contributed by atoms with Gasteiger partial charge in [0.15, 0.2) is 11.5 Å². The summed E-state index contributed by atoms with van der Waals surface area (Å²) in [5.74, 6) is 2.04. The Balaban J connectivity index is 2.78. The van der Waals surface area contributed by atoms with Crippen molar-refractivity contribution in [3.05, 3.63) is 43.5 Å². The molecular weight excluding hydrogens is 204 g/mol. The lowest BCUT2D eigenvalue weighted by Crippen LogP contribution is -1.98. The van der Waals surface area contributed by atoms with Gasteiger partial charge in [-0.1, -0.05) is 25.3 Å². The smallest absolute Gasteiger partial charge is 0.164 e. The minimum absolute atomic E-state index is 0.448. The van der Waals surface area contributed by atoms with Crippen LogP contribution < -0.4 is 14.2 Å². The van der Waals surface area contributed by atoms with Crippen molar-refractivity contribution in [3.8, 4) is 17.2 Å². The zero-order chi connectivity index (χ0) is 11.8. The molecule has 0 aliphatic rings. The molecule has 3 heteroatoms. The Morgan fingerprint density at radius 3 is 2.38 bits per heavy atom. The summed E-state index contributed by atoms with van der Waals surface area (Å²) < 4.78 is 16.0. The van der Waals surface area contributed by atoms with Crippen molar-refractivity contribution in [3.63, 3.8) is 0 Å². The van der Waals surface area contributed by atoms with E-state index in [1.165, 1.54) is 0 Å². The van der Waals surface area contributed by atoms with Crippen molar-refractivity contribution in [1.82, 2.24) is 0 Å². The molecule has 0 unspecified atom stereocenters. The van der Waals surface area contributed by atoms with Crippen LogP contribution in [0.3, 0.4) is 0 Å². The highest BCUT2D eigenvalue weighted by atomic mass is 16.5. The molecule has 0 radical (unpaired) electrons. The molecule has 0 aliphatic heterocycles. The second kappa shape index (κ2) is 6.56. The molecule has 1 rings (SSSR count). The molecule has 0 amide bonds. The van der Waals surface area contributed by atoms with E-state index in [9.17, 15) is 0 Å². The summed E-state index contributed by atoms with van der Waals surface area (Å²) in [5.41, 5.74) is 0. The van der Waals surface area contributed by atoms with Gasteiger partial charge in [0.2, 0.25) is 0 Å². The summed E-state index contributed by atoms with van der Waals surface area (Å²) in [4.78, 5) is 0. The van der Waals surface area contributed by atoms with Crippen LogP contribution in [0.4, 0.5) is 0 Å². The largest absolute Gasteiger partial charge is 0.493 e. The summed E-state index contributed by atoms with van der Waals surface area (Å²) in [6, 6.07) is 5.41. The molecule has 3 nitrogen and oxygen atoms in total. The minimum Gasteiger partial charge on any atom is -0.493 e. The third-order valence-electron chi connectivity index (χ3n) is 1.86. The molecular formula is C13H16O3. The van der Waals surface area contributed by atoms with E-state index in [0.29, 0.717) is 24.7 Å². The van der Waals surface area contributed by atoms with Crippen LogP contribution in [0.2, 0.25) is 0 Å². The van der Waals surface area contributed by atoms with Crippen LogP contribution in [-0.4, -0.2) is 20.3 Å². The second-order valence-corrected chi connectivity index (χ2v) is 3.01. The van der Waals surface area contributed by atoms with Crippen LogP contribution in [0.15, 0.2) is 43.5 Å². The van der Waals surface area contributed by atoms with Crippen molar-refractivity contribution in [2.45, 2.75) is 0 Å². The standard InChI is InChI=1S/C13H16O3/c1-4-8-15-11-6-7-12(16-9-5-2)13(10-11)14-3/h4-7,10H,1-2,8-9H2,3H3. The first-order valence-electron chi connectivity index (χ1n) is 4.97. The fourth-order valence-corrected chi connectivity index (χ4v) is 1.16. The lowest BCUT2D eigenvalue weighted by atomic mass is 10.3. The molecule has 0 N–H and O–H groups in total. The molecule has 0 bridgehead atoms. The molecule has 0 aromatic heterocycles. The third-order valence-corrected chi connectivity index (χ3v) is 1.86. The topological polar surface area (TPSA) is 27.7 Å². The molecule has 0 saturated carbocycles. The van der Waals surface area contributed by atoms with Gasteiger partial charge in [-0.3, -0.25) is 0 Å². The molecule has 86 valence electrons. The highest BCUT2D eigenvalue weighted by Gasteiger charge is 2.05. The maximum atomic E-state index is 5.42. The predicted molar refractivity (Wildman–Crippen MR) is 64.4 cm³/mol. The fraction of sp³-hybridized carbons (Fsp3) is 0.231.